The predicted octanol–water partition coefficient (Wildman–Crippen LogP) is -0.137. The molecule has 0 aliphatic carbocycles. The molecule has 0 radical (unpaired) electrons. The Morgan fingerprint density at radius 3 is 2.89 bits per heavy atom. The molecule has 1 aliphatic rings. The third-order valence-corrected chi connectivity index (χ3v) is 1.66. The number of rotatable bonds is 2. The molecular formula is C6H11NO2. The van der Waals surface area contributed by atoms with Crippen molar-refractivity contribution in [1.82, 2.24) is 4.90 Å². The smallest absolute Gasteiger partial charge is 0.209 e. The third-order valence-electron chi connectivity index (χ3n) is 1.66. The van der Waals surface area contributed by atoms with Crippen LogP contribution < -0.4 is 0 Å². The maximum Gasteiger partial charge on any atom is 0.209 e. The van der Waals surface area contributed by atoms with Gasteiger partial charge in [0.05, 0.1) is 6.10 Å². The van der Waals surface area contributed by atoms with Gasteiger partial charge in [-0.05, 0) is 6.42 Å². The molecule has 3 heteroatoms. The molecule has 1 fully saturated rings. The van der Waals surface area contributed by atoms with Gasteiger partial charge in [0.1, 0.15) is 0 Å². The Bertz CT molecular complexity index is 105. The van der Waals surface area contributed by atoms with E-state index >= 15 is 0 Å². The molecule has 0 aromatic heterocycles. The number of amides is 1. The molecule has 9 heavy (non-hydrogen) atoms. The first-order chi connectivity index (χ1) is 4.36. The SMILES string of the molecule is COC1CCN(C=O)C1. The summed E-state index contributed by atoms with van der Waals surface area (Å²) < 4.78 is 5.04. The molecule has 0 saturated carbocycles. The first kappa shape index (κ1) is 6.55. The number of carbonyl (C=O) groups excluding carboxylic acids is 1. The number of hydrogen-bond acceptors (Lipinski definition) is 2. The molecule has 1 amide bonds. The Hall–Kier alpha value is -0.570. The highest BCUT2D eigenvalue weighted by molar-refractivity contribution is 5.47. The van der Waals surface area contributed by atoms with E-state index in [0.717, 1.165) is 25.9 Å². The maximum atomic E-state index is 10.1. The Kier molecular flexibility index (Phi) is 2.05. The molecule has 0 aromatic carbocycles. The number of ether oxygens (including phenoxy) is 1. The van der Waals surface area contributed by atoms with E-state index in [9.17, 15) is 4.79 Å². The lowest BCUT2D eigenvalue weighted by Gasteiger charge is -2.07. The lowest BCUT2D eigenvalue weighted by Crippen LogP contribution is -2.20. The average Bonchev–Trinajstić information content (AvgIpc) is 2.34. The van der Waals surface area contributed by atoms with Gasteiger partial charge in [-0.3, -0.25) is 4.79 Å². The molecule has 1 rings (SSSR count). The zero-order valence-electron chi connectivity index (χ0n) is 5.54. The zero-order chi connectivity index (χ0) is 6.69. The quantitative estimate of drug-likeness (QED) is 0.486. The van der Waals surface area contributed by atoms with Gasteiger partial charge in [-0.25, -0.2) is 0 Å². The van der Waals surface area contributed by atoms with Crippen LogP contribution in [0, 0.1) is 0 Å². The first-order valence-corrected chi connectivity index (χ1v) is 3.09. The van der Waals surface area contributed by atoms with Gasteiger partial charge in [0.15, 0.2) is 0 Å². The molecule has 1 saturated heterocycles. The minimum Gasteiger partial charge on any atom is -0.380 e. The molecule has 1 unspecified atom stereocenters. The fraction of sp³-hybridized carbons (Fsp3) is 0.833. The molecule has 3 nitrogen and oxygen atoms in total. The van der Waals surface area contributed by atoms with Gasteiger partial charge in [-0.2, -0.15) is 0 Å². The first-order valence-electron chi connectivity index (χ1n) is 3.09. The van der Waals surface area contributed by atoms with Gasteiger partial charge in [-0.1, -0.05) is 0 Å². The molecule has 0 aromatic rings. The van der Waals surface area contributed by atoms with Crippen LogP contribution in [0.25, 0.3) is 0 Å². The van der Waals surface area contributed by atoms with Crippen molar-refractivity contribution in [2.45, 2.75) is 12.5 Å². The van der Waals surface area contributed by atoms with Crippen LogP contribution >= 0.6 is 0 Å². The van der Waals surface area contributed by atoms with Crippen LogP contribution in [0.15, 0.2) is 0 Å². The monoisotopic (exact) mass is 129 g/mol. The number of likely N-dealkylation sites (tertiary alicyclic amines) is 1. The van der Waals surface area contributed by atoms with Crippen molar-refractivity contribution in [3.05, 3.63) is 0 Å². The van der Waals surface area contributed by atoms with Crippen molar-refractivity contribution in [2.24, 2.45) is 0 Å². The van der Waals surface area contributed by atoms with E-state index in [4.69, 9.17) is 4.74 Å². The summed E-state index contributed by atoms with van der Waals surface area (Å²) in [7, 11) is 1.68. The van der Waals surface area contributed by atoms with Gasteiger partial charge in [0.25, 0.3) is 0 Å². The standard InChI is InChI=1S/C6H11NO2/c1-9-6-2-3-7(4-6)5-8/h5-6H,2-4H2,1H3. The second-order valence-electron chi connectivity index (χ2n) is 2.25. The van der Waals surface area contributed by atoms with Crippen LogP contribution in [0.4, 0.5) is 0 Å². The van der Waals surface area contributed by atoms with Crippen molar-refractivity contribution in [2.75, 3.05) is 20.2 Å². The summed E-state index contributed by atoms with van der Waals surface area (Å²) in [6.45, 7) is 1.61. The van der Waals surface area contributed by atoms with E-state index in [-0.39, 0.29) is 6.10 Å². The van der Waals surface area contributed by atoms with Gasteiger partial charge in [0, 0.05) is 20.2 Å². The Morgan fingerprint density at radius 2 is 2.56 bits per heavy atom. The van der Waals surface area contributed by atoms with E-state index in [0.29, 0.717) is 0 Å². The van der Waals surface area contributed by atoms with Gasteiger partial charge < -0.3 is 9.64 Å². The number of methoxy groups -OCH3 is 1. The van der Waals surface area contributed by atoms with Crippen LogP contribution in [0.5, 0.6) is 0 Å². The van der Waals surface area contributed by atoms with Crippen LogP contribution in [0.2, 0.25) is 0 Å². The molecule has 1 atom stereocenters. The average molecular weight is 129 g/mol. The fourth-order valence-electron chi connectivity index (χ4n) is 1.04. The molecule has 0 bridgehead atoms. The van der Waals surface area contributed by atoms with Gasteiger partial charge in [0.2, 0.25) is 6.41 Å². The van der Waals surface area contributed by atoms with E-state index < -0.39 is 0 Å². The van der Waals surface area contributed by atoms with Crippen LogP contribution in [0.1, 0.15) is 6.42 Å². The summed E-state index contributed by atoms with van der Waals surface area (Å²) in [5.74, 6) is 0. The summed E-state index contributed by atoms with van der Waals surface area (Å²) in [6, 6.07) is 0. The predicted molar refractivity (Wildman–Crippen MR) is 33.1 cm³/mol. The van der Waals surface area contributed by atoms with Crippen molar-refractivity contribution < 1.29 is 9.53 Å². The molecule has 1 aliphatic heterocycles. The molecule has 0 N–H and O–H groups in total. The summed E-state index contributed by atoms with van der Waals surface area (Å²) in [4.78, 5) is 11.9. The van der Waals surface area contributed by atoms with Crippen molar-refractivity contribution in [3.8, 4) is 0 Å². The third kappa shape index (κ3) is 1.42. The minimum absolute atomic E-state index is 0.273. The highest BCUT2D eigenvalue weighted by atomic mass is 16.5. The highest BCUT2D eigenvalue weighted by Gasteiger charge is 2.19. The van der Waals surface area contributed by atoms with E-state index in [2.05, 4.69) is 0 Å². The van der Waals surface area contributed by atoms with Crippen LogP contribution in [0.3, 0.4) is 0 Å². The minimum atomic E-state index is 0.273. The number of nitrogens with zero attached hydrogens (tertiary/aromatic N) is 1. The van der Waals surface area contributed by atoms with Gasteiger partial charge in [-0.15, -0.1) is 0 Å². The van der Waals surface area contributed by atoms with E-state index in [1.807, 2.05) is 0 Å². The van der Waals surface area contributed by atoms with Crippen molar-refractivity contribution >= 4 is 6.41 Å². The number of hydrogen-bond donors (Lipinski definition) is 0. The summed E-state index contributed by atoms with van der Waals surface area (Å²) in [5, 5.41) is 0. The van der Waals surface area contributed by atoms with Crippen LogP contribution in [-0.4, -0.2) is 37.6 Å². The van der Waals surface area contributed by atoms with Crippen LogP contribution in [-0.2, 0) is 9.53 Å². The molecule has 0 spiro atoms. The Balaban J connectivity index is 2.28. The second kappa shape index (κ2) is 2.82. The van der Waals surface area contributed by atoms with Gasteiger partial charge >= 0.3 is 0 Å². The summed E-state index contributed by atoms with van der Waals surface area (Å²) in [6.07, 6.45) is 2.13. The van der Waals surface area contributed by atoms with Crippen molar-refractivity contribution in [1.29, 1.82) is 0 Å². The summed E-state index contributed by atoms with van der Waals surface area (Å²) >= 11 is 0. The van der Waals surface area contributed by atoms with Crippen molar-refractivity contribution in [3.63, 3.8) is 0 Å². The Morgan fingerprint density at radius 1 is 1.78 bits per heavy atom. The molecule has 52 valence electrons. The maximum absolute atomic E-state index is 10.1. The zero-order valence-corrected chi connectivity index (χ0v) is 5.54. The second-order valence-corrected chi connectivity index (χ2v) is 2.25. The normalized spacial score (nSPS) is 26.8. The number of carbonyl (C=O) groups is 1. The molecule has 1 heterocycles. The van der Waals surface area contributed by atoms with E-state index in [1.54, 1.807) is 12.0 Å². The molecular weight excluding hydrogens is 118 g/mol. The summed E-state index contributed by atoms with van der Waals surface area (Å²) in [5.41, 5.74) is 0. The lowest BCUT2D eigenvalue weighted by molar-refractivity contribution is -0.117. The highest BCUT2D eigenvalue weighted by Crippen LogP contribution is 2.08. The largest absolute Gasteiger partial charge is 0.380 e. The fourth-order valence-corrected chi connectivity index (χ4v) is 1.04. The lowest BCUT2D eigenvalue weighted by atomic mass is 10.3. The topological polar surface area (TPSA) is 29.5 Å². The Labute approximate surface area is 54.6 Å². The van der Waals surface area contributed by atoms with E-state index in [1.165, 1.54) is 0 Å².